The average Bonchev–Trinajstić information content (AvgIpc) is 2.94. The van der Waals surface area contributed by atoms with Crippen LogP contribution in [0.15, 0.2) is 30.3 Å². The molecule has 0 N–H and O–H groups in total. The van der Waals surface area contributed by atoms with Crippen LogP contribution in [0, 0.1) is 0 Å². The Kier molecular flexibility index (Phi) is 4.02. The lowest BCUT2D eigenvalue weighted by Crippen LogP contribution is -2.37. The first-order chi connectivity index (χ1) is 10.5. The first-order valence-corrected chi connectivity index (χ1v) is 8.21. The highest BCUT2D eigenvalue weighted by molar-refractivity contribution is 7.15. The molecule has 2 heterocycles. The number of carbonyl (C=O) groups excluding carboxylic acids is 1. The van der Waals surface area contributed by atoms with Crippen LogP contribution in [0.2, 0.25) is 0 Å². The van der Waals surface area contributed by atoms with Crippen molar-refractivity contribution >= 4 is 17.2 Å². The molecule has 1 aliphatic rings. The van der Waals surface area contributed by atoms with Crippen molar-refractivity contribution < 1.29 is 9.53 Å². The Labute approximate surface area is 134 Å². The first kappa shape index (κ1) is 15.2. The van der Waals surface area contributed by atoms with Crippen molar-refractivity contribution in [1.82, 2.24) is 9.88 Å². The Morgan fingerprint density at radius 3 is 2.77 bits per heavy atom. The Hall–Kier alpha value is -1.72. The van der Waals surface area contributed by atoms with Crippen LogP contribution in [0.25, 0.3) is 10.6 Å². The highest BCUT2D eigenvalue weighted by atomic mass is 32.1. The van der Waals surface area contributed by atoms with Crippen molar-refractivity contribution in [3.63, 3.8) is 0 Å². The van der Waals surface area contributed by atoms with Crippen LogP contribution < -0.4 is 0 Å². The van der Waals surface area contributed by atoms with E-state index in [1.807, 2.05) is 25.1 Å². The van der Waals surface area contributed by atoms with Gasteiger partial charge < -0.3 is 9.64 Å². The second-order valence-corrected chi connectivity index (χ2v) is 6.95. The topological polar surface area (TPSA) is 42.4 Å². The molecule has 0 bridgehead atoms. The summed E-state index contributed by atoms with van der Waals surface area (Å²) in [4.78, 5) is 19.6. The molecule has 3 rings (SSSR count). The van der Waals surface area contributed by atoms with Crippen LogP contribution in [0.4, 0.5) is 0 Å². The summed E-state index contributed by atoms with van der Waals surface area (Å²) in [6, 6.07) is 10.2. The van der Waals surface area contributed by atoms with Crippen LogP contribution in [0.3, 0.4) is 0 Å². The van der Waals surface area contributed by atoms with E-state index in [1.165, 1.54) is 0 Å². The number of carbonyl (C=O) groups is 1. The molecule has 0 saturated heterocycles. The second kappa shape index (κ2) is 5.82. The number of aromatic nitrogens is 1. The molecule has 1 aliphatic heterocycles. The van der Waals surface area contributed by atoms with Crippen LogP contribution in [0.1, 0.15) is 23.9 Å². The van der Waals surface area contributed by atoms with Gasteiger partial charge in [-0.05, 0) is 6.92 Å². The number of rotatable bonds is 3. The van der Waals surface area contributed by atoms with Gasteiger partial charge in [-0.25, -0.2) is 4.98 Å². The molecule has 4 nitrogen and oxygen atoms in total. The van der Waals surface area contributed by atoms with Gasteiger partial charge in [0, 0.05) is 26.1 Å². The highest BCUT2D eigenvalue weighted by Gasteiger charge is 2.38. The summed E-state index contributed by atoms with van der Waals surface area (Å²) in [5.41, 5.74) is 1.62. The van der Waals surface area contributed by atoms with Gasteiger partial charge in [0.1, 0.15) is 10.6 Å². The van der Waals surface area contributed by atoms with Crippen molar-refractivity contribution in [3.05, 3.63) is 40.9 Å². The Morgan fingerprint density at radius 1 is 1.36 bits per heavy atom. The number of thiazole rings is 1. The number of benzene rings is 1. The van der Waals surface area contributed by atoms with Gasteiger partial charge in [-0.3, -0.25) is 4.79 Å². The fourth-order valence-corrected chi connectivity index (χ4v) is 3.87. The van der Waals surface area contributed by atoms with E-state index in [2.05, 4.69) is 12.1 Å². The Balaban J connectivity index is 1.96. The molecule has 116 valence electrons. The molecule has 2 aromatic rings. The third-order valence-corrected chi connectivity index (χ3v) is 5.34. The Bertz CT molecular complexity index is 681. The van der Waals surface area contributed by atoms with Gasteiger partial charge in [0.25, 0.3) is 0 Å². The standard InChI is InChI=1S/C17H20N2O2S/c1-17(11-14(20)19(2)3)15-13(9-10-21-17)18-16(22-15)12-7-5-4-6-8-12/h4-8H,9-11H2,1-3H3. The quantitative estimate of drug-likeness (QED) is 0.874. The number of hydrogen-bond donors (Lipinski definition) is 0. The minimum Gasteiger partial charge on any atom is -0.369 e. The van der Waals surface area contributed by atoms with Crippen LogP contribution >= 0.6 is 11.3 Å². The fraction of sp³-hybridized carbons (Fsp3) is 0.412. The summed E-state index contributed by atoms with van der Waals surface area (Å²) >= 11 is 1.64. The van der Waals surface area contributed by atoms with E-state index in [-0.39, 0.29) is 5.91 Å². The van der Waals surface area contributed by atoms with Gasteiger partial charge in [-0.15, -0.1) is 11.3 Å². The number of hydrogen-bond acceptors (Lipinski definition) is 4. The SMILES string of the molecule is CN(C)C(=O)CC1(C)OCCc2nc(-c3ccccc3)sc21. The summed E-state index contributed by atoms with van der Waals surface area (Å²) in [7, 11) is 3.55. The van der Waals surface area contributed by atoms with Gasteiger partial charge in [-0.2, -0.15) is 0 Å². The smallest absolute Gasteiger partial charge is 0.225 e. The van der Waals surface area contributed by atoms with Crippen molar-refractivity contribution in [2.75, 3.05) is 20.7 Å². The van der Waals surface area contributed by atoms with Crippen LogP contribution in [0.5, 0.6) is 0 Å². The molecular weight excluding hydrogens is 296 g/mol. The largest absolute Gasteiger partial charge is 0.369 e. The lowest BCUT2D eigenvalue weighted by Gasteiger charge is -2.33. The van der Waals surface area contributed by atoms with Gasteiger partial charge >= 0.3 is 0 Å². The van der Waals surface area contributed by atoms with E-state index in [1.54, 1.807) is 30.3 Å². The molecule has 1 aromatic carbocycles. The van der Waals surface area contributed by atoms with E-state index in [4.69, 9.17) is 9.72 Å². The molecule has 0 saturated carbocycles. The Morgan fingerprint density at radius 2 is 2.09 bits per heavy atom. The van der Waals surface area contributed by atoms with Gasteiger partial charge in [0.2, 0.25) is 5.91 Å². The molecule has 1 atom stereocenters. The third-order valence-electron chi connectivity index (χ3n) is 3.95. The van der Waals surface area contributed by atoms with E-state index < -0.39 is 5.60 Å². The predicted molar refractivity (Wildman–Crippen MR) is 87.9 cm³/mol. The van der Waals surface area contributed by atoms with E-state index in [0.29, 0.717) is 13.0 Å². The van der Waals surface area contributed by atoms with Gasteiger partial charge in [-0.1, -0.05) is 30.3 Å². The molecule has 5 heteroatoms. The molecule has 22 heavy (non-hydrogen) atoms. The van der Waals surface area contributed by atoms with Crippen molar-refractivity contribution in [2.45, 2.75) is 25.4 Å². The normalized spacial score (nSPS) is 20.5. The van der Waals surface area contributed by atoms with E-state index >= 15 is 0 Å². The van der Waals surface area contributed by atoms with E-state index in [9.17, 15) is 4.79 Å². The van der Waals surface area contributed by atoms with Crippen molar-refractivity contribution in [3.8, 4) is 10.6 Å². The minimum atomic E-state index is -0.570. The molecule has 0 aliphatic carbocycles. The number of nitrogens with zero attached hydrogens (tertiary/aromatic N) is 2. The van der Waals surface area contributed by atoms with E-state index in [0.717, 1.165) is 27.6 Å². The number of amides is 1. The predicted octanol–water partition coefficient (Wildman–Crippen LogP) is 3.08. The van der Waals surface area contributed by atoms with Gasteiger partial charge in [0.15, 0.2) is 0 Å². The molecule has 0 spiro atoms. The maximum Gasteiger partial charge on any atom is 0.225 e. The molecule has 0 radical (unpaired) electrons. The zero-order chi connectivity index (χ0) is 15.7. The molecular formula is C17H20N2O2S. The zero-order valence-electron chi connectivity index (χ0n) is 13.1. The molecule has 1 amide bonds. The average molecular weight is 316 g/mol. The highest BCUT2D eigenvalue weighted by Crippen LogP contribution is 2.42. The lowest BCUT2D eigenvalue weighted by atomic mass is 9.94. The maximum absolute atomic E-state index is 12.1. The fourth-order valence-electron chi connectivity index (χ4n) is 2.66. The monoisotopic (exact) mass is 316 g/mol. The first-order valence-electron chi connectivity index (χ1n) is 7.39. The molecule has 1 aromatic heterocycles. The van der Waals surface area contributed by atoms with Crippen molar-refractivity contribution in [1.29, 1.82) is 0 Å². The zero-order valence-corrected chi connectivity index (χ0v) is 13.9. The minimum absolute atomic E-state index is 0.0741. The summed E-state index contributed by atoms with van der Waals surface area (Å²) in [5.74, 6) is 0.0741. The van der Waals surface area contributed by atoms with Gasteiger partial charge in [0.05, 0.1) is 23.6 Å². The maximum atomic E-state index is 12.1. The molecule has 1 unspecified atom stereocenters. The van der Waals surface area contributed by atoms with Crippen LogP contribution in [-0.2, 0) is 21.6 Å². The summed E-state index contributed by atoms with van der Waals surface area (Å²) in [6.45, 7) is 2.61. The number of fused-ring (bicyclic) bond motifs is 1. The molecule has 0 fully saturated rings. The third kappa shape index (κ3) is 2.78. The second-order valence-electron chi connectivity index (χ2n) is 5.96. The van der Waals surface area contributed by atoms with Crippen LogP contribution in [-0.4, -0.2) is 36.5 Å². The summed E-state index contributed by atoms with van der Waals surface area (Å²) < 4.78 is 5.98. The lowest BCUT2D eigenvalue weighted by molar-refractivity contribution is -0.137. The summed E-state index contributed by atoms with van der Waals surface area (Å²) in [6.07, 6.45) is 1.16. The summed E-state index contributed by atoms with van der Waals surface area (Å²) in [5, 5.41) is 1.000. The number of ether oxygens (including phenoxy) is 1. The van der Waals surface area contributed by atoms with Crippen molar-refractivity contribution in [2.24, 2.45) is 0 Å².